The van der Waals surface area contributed by atoms with Crippen LogP contribution in [0.1, 0.15) is 11.1 Å². The maximum atomic E-state index is 6.14. The van der Waals surface area contributed by atoms with E-state index < -0.39 is 0 Å². The van der Waals surface area contributed by atoms with Crippen molar-refractivity contribution in [3.05, 3.63) is 64.7 Å². The van der Waals surface area contributed by atoms with Crippen LogP contribution in [-0.4, -0.2) is 24.5 Å². The molecule has 0 unspecified atom stereocenters. The smallest absolute Gasteiger partial charge is 0.0637 e. The van der Waals surface area contributed by atoms with Gasteiger partial charge < -0.3 is 5.32 Å². The lowest BCUT2D eigenvalue weighted by molar-refractivity contribution is 0.264. The summed E-state index contributed by atoms with van der Waals surface area (Å²) < 4.78 is 0. The van der Waals surface area contributed by atoms with Gasteiger partial charge in [0.2, 0.25) is 0 Å². The average Bonchev–Trinajstić information content (AvgIpc) is 2.49. The number of hydrogen-bond donors (Lipinski definition) is 1. The highest BCUT2D eigenvalue weighted by Crippen LogP contribution is 2.21. The minimum atomic E-state index is 0.788. The molecule has 0 saturated heterocycles. The predicted molar refractivity (Wildman–Crippen MR) is 85.4 cm³/mol. The largest absolute Gasteiger partial charge is 0.383 e. The van der Waals surface area contributed by atoms with Gasteiger partial charge in [0.1, 0.15) is 0 Å². The fourth-order valence-corrected chi connectivity index (χ4v) is 2.90. The van der Waals surface area contributed by atoms with Crippen LogP contribution >= 0.6 is 11.6 Å². The van der Waals surface area contributed by atoms with Crippen molar-refractivity contribution in [2.45, 2.75) is 13.0 Å². The maximum absolute atomic E-state index is 6.14. The molecule has 1 aliphatic rings. The quantitative estimate of drug-likeness (QED) is 0.919. The first-order chi connectivity index (χ1) is 9.83. The van der Waals surface area contributed by atoms with E-state index in [0.717, 1.165) is 43.3 Å². The number of anilines is 1. The minimum absolute atomic E-state index is 0.788. The zero-order chi connectivity index (χ0) is 13.8. The molecular weight excluding hydrogens is 268 g/mol. The molecule has 20 heavy (non-hydrogen) atoms. The number of fused-ring (bicyclic) bond motifs is 1. The van der Waals surface area contributed by atoms with Gasteiger partial charge in [0.25, 0.3) is 0 Å². The Balaban J connectivity index is 1.52. The molecule has 0 radical (unpaired) electrons. The van der Waals surface area contributed by atoms with Gasteiger partial charge in [-0.3, -0.25) is 4.90 Å². The molecule has 1 aliphatic heterocycles. The molecule has 0 aliphatic carbocycles. The second kappa shape index (κ2) is 6.29. The molecular formula is C17H19ClN2. The summed E-state index contributed by atoms with van der Waals surface area (Å²) in [6, 6.07) is 16.6. The van der Waals surface area contributed by atoms with Crippen LogP contribution in [0.4, 0.5) is 5.69 Å². The van der Waals surface area contributed by atoms with Gasteiger partial charge in [-0.05, 0) is 29.7 Å². The molecule has 0 aromatic heterocycles. The number of hydrogen-bond acceptors (Lipinski definition) is 2. The molecule has 104 valence electrons. The monoisotopic (exact) mass is 286 g/mol. The molecule has 0 bridgehead atoms. The van der Waals surface area contributed by atoms with Crippen molar-refractivity contribution < 1.29 is 0 Å². The molecule has 3 heteroatoms. The predicted octanol–water partition coefficient (Wildman–Crippen LogP) is 3.81. The number of nitrogens with zero attached hydrogens (tertiary/aromatic N) is 1. The molecule has 0 amide bonds. The number of halogens is 1. The zero-order valence-electron chi connectivity index (χ0n) is 11.5. The van der Waals surface area contributed by atoms with Gasteiger partial charge in [0, 0.05) is 26.2 Å². The van der Waals surface area contributed by atoms with Crippen LogP contribution in [0.2, 0.25) is 5.02 Å². The molecule has 1 N–H and O–H groups in total. The first-order valence-electron chi connectivity index (χ1n) is 7.10. The van der Waals surface area contributed by atoms with Gasteiger partial charge >= 0.3 is 0 Å². The summed E-state index contributed by atoms with van der Waals surface area (Å²) >= 11 is 6.14. The summed E-state index contributed by atoms with van der Waals surface area (Å²) in [7, 11) is 0. The van der Waals surface area contributed by atoms with E-state index in [1.54, 1.807) is 0 Å². The first kappa shape index (κ1) is 13.5. The number of rotatable bonds is 4. The molecule has 0 spiro atoms. The molecule has 0 fully saturated rings. The van der Waals surface area contributed by atoms with Crippen molar-refractivity contribution in [1.82, 2.24) is 4.90 Å². The third-order valence-electron chi connectivity index (χ3n) is 3.83. The zero-order valence-corrected chi connectivity index (χ0v) is 12.2. The van der Waals surface area contributed by atoms with Crippen LogP contribution in [0.5, 0.6) is 0 Å². The van der Waals surface area contributed by atoms with Crippen molar-refractivity contribution in [3.63, 3.8) is 0 Å². The van der Waals surface area contributed by atoms with E-state index in [-0.39, 0.29) is 0 Å². The minimum Gasteiger partial charge on any atom is -0.383 e. The Morgan fingerprint density at radius 1 is 1.00 bits per heavy atom. The van der Waals surface area contributed by atoms with Gasteiger partial charge in [-0.15, -0.1) is 0 Å². The maximum Gasteiger partial charge on any atom is 0.0637 e. The molecule has 0 atom stereocenters. The van der Waals surface area contributed by atoms with Crippen LogP contribution < -0.4 is 5.32 Å². The van der Waals surface area contributed by atoms with Gasteiger partial charge in [0.15, 0.2) is 0 Å². The normalized spacial score (nSPS) is 14.8. The summed E-state index contributed by atoms with van der Waals surface area (Å²) in [5.74, 6) is 0. The Morgan fingerprint density at radius 2 is 1.75 bits per heavy atom. The van der Waals surface area contributed by atoms with Crippen molar-refractivity contribution in [1.29, 1.82) is 0 Å². The Bertz CT molecular complexity index is 583. The highest BCUT2D eigenvalue weighted by atomic mass is 35.5. The lowest BCUT2D eigenvalue weighted by atomic mass is 10.00. The molecule has 0 saturated carbocycles. The molecule has 2 aromatic rings. The first-order valence-corrected chi connectivity index (χ1v) is 7.48. The Kier molecular flexibility index (Phi) is 4.24. The lowest BCUT2D eigenvalue weighted by Gasteiger charge is -2.28. The van der Waals surface area contributed by atoms with Gasteiger partial charge in [-0.2, -0.15) is 0 Å². The van der Waals surface area contributed by atoms with E-state index in [1.807, 2.05) is 24.3 Å². The number of nitrogens with one attached hydrogen (secondary N) is 1. The van der Waals surface area contributed by atoms with Crippen LogP contribution in [0.15, 0.2) is 48.5 Å². The SMILES string of the molecule is Clc1ccccc1NCCN1CCc2ccccc2C1. The average molecular weight is 287 g/mol. The third-order valence-corrected chi connectivity index (χ3v) is 4.16. The van der Waals surface area contributed by atoms with Crippen molar-refractivity contribution in [3.8, 4) is 0 Å². The van der Waals surface area contributed by atoms with Crippen LogP contribution in [0, 0.1) is 0 Å². The van der Waals surface area contributed by atoms with Crippen LogP contribution in [0.25, 0.3) is 0 Å². The summed E-state index contributed by atoms with van der Waals surface area (Å²) in [6.07, 6.45) is 1.16. The summed E-state index contributed by atoms with van der Waals surface area (Å²) in [5, 5.41) is 4.20. The van der Waals surface area contributed by atoms with Crippen LogP contribution in [-0.2, 0) is 13.0 Å². The molecule has 1 heterocycles. The second-order valence-corrected chi connectivity index (χ2v) is 5.61. The Morgan fingerprint density at radius 3 is 2.60 bits per heavy atom. The van der Waals surface area contributed by atoms with E-state index >= 15 is 0 Å². The van der Waals surface area contributed by atoms with Crippen molar-refractivity contribution in [2.24, 2.45) is 0 Å². The van der Waals surface area contributed by atoms with E-state index in [2.05, 4.69) is 34.5 Å². The van der Waals surface area contributed by atoms with E-state index in [9.17, 15) is 0 Å². The Hall–Kier alpha value is -1.51. The van der Waals surface area contributed by atoms with Gasteiger partial charge in [-0.1, -0.05) is 48.0 Å². The number of benzene rings is 2. The summed E-state index contributed by atoms with van der Waals surface area (Å²) in [6.45, 7) is 4.16. The fourth-order valence-electron chi connectivity index (χ4n) is 2.70. The van der Waals surface area contributed by atoms with Crippen molar-refractivity contribution >= 4 is 17.3 Å². The highest BCUT2D eigenvalue weighted by Gasteiger charge is 2.14. The van der Waals surface area contributed by atoms with Crippen molar-refractivity contribution in [2.75, 3.05) is 25.0 Å². The topological polar surface area (TPSA) is 15.3 Å². The number of para-hydroxylation sites is 1. The summed E-state index contributed by atoms with van der Waals surface area (Å²) in [5.41, 5.74) is 3.99. The van der Waals surface area contributed by atoms with Crippen LogP contribution in [0.3, 0.4) is 0 Å². The van der Waals surface area contributed by atoms with E-state index in [0.29, 0.717) is 0 Å². The third kappa shape index (κ3) is 3.14. The van der Waals surface area contributed by atoms with E-state index in [1.165, 1.54) is 11.1 Å². The molecule has 2 aromatic carbocycles. The summed E-state index contributed by atoms with van der Waals surface area (Å²) in [4.78, 5) is 2.49. The lowest BCUT2D eigenvalue weighted by Crippen LogP contribution is -2.34. The second-order valence-electron chi connectivity index (χ2n) is 5.20. The molecule has 2 nitrogen and oxygen atoms in total. The highest BCUT2D eigenvalue weighted by molar-refractivity contribution is 6.33. The van der Waals surface area contributed by atoms with Gasteiger partial charge in [-0.25, -0.2) is 0 Å². The Labute approximate surface area is 125 Å². The standard InChI is InChI=1S/C17H19ClN2/c18-16-7-3-4-8-17(16)19-10-12-20-11-9-14-5-1-2-6-15(14)13-20/h1-8,19H,9-13H2. The fraction of sp³-hybridized carbons (Fsp3) is 0.294. The van der Waals surface area contributed by atoms with Gasteiger partial charge in [0.05, 0.1) is 10.7 Å². The molecule has 3 rings (SSSR count). The van der Waals surface area contributed by atoms with E-state index in [4.69, 9.17) is 11.6 Å².